The molecule has 0 saturated carbocycles. The van der Waals surface area contributed by atoms with Crippen molar-refractivity contribution in [2.24, 2.45) is 0 Å². The summed E-state index contributed by atoms with van der Waals surface area (Å²) in [6.45, 7) is 0. The highest BCUT2D eigenvalue weighted by molar-refractivity contribution is 7.29. The van der Waals surface area contributed by atoms with E-state index in [1.807, 2.05) is 0 Å². The molecule has 0 aliphatic heterocycles. The molecule has 40 valence electrons. The van der Waals surface area contributed by atoms with E-state index in [9.17, 15) is 0 Å². The van der Waals surface area contributed by atoms with Gasteiger partial charge in [-0.2, -0.15) is 4.89 Å². The lowest BCUT2D eigenvalue weighted by atomic mass is 14.0. The van der Waals surface area contributed by atoms with Crippen LogP contribution in [0.3, 0.4) is 0 Å². The first-order valence-corrected chi connectivity index (χ1v) is 1.70. The molecule has 6 heteroatoms. The molecule has 0 aromatic heterocycles. The van der Waals surface area contributed by atoms with Crippen LogP contribution in [0, 0.1) is 0 Å². The van der Waals surface area contributed by atoms with Crippen LogP contribution >= 0.6 is 8.25 Å². The van der Waals surface area contributed by atoms with Crippen molar-refractivity contribution in [2.45, 2.75) is 0 Å². The molecule has 6 heavy (non-hydrogen) atoms. The zero-order valence-corrected chi connectivity index (χ0v) is 4.31. The van der Waals surface area contributed by atoms with E-state index in [-0.39, 0.29) is 12.3 Å². The summed E-state index contributed by atoms with van der Waals surface area (Å²) in [5, 5.41) is 0. The lowest BCUT2D eigenvalue weighted by molar-refractivity contribution is -0.180. The second-order valence-corrected chi connectivity index (χ2v) is 0.714. The van der Waals surface area contributed by atoms with E-state index in [1.165, 1.54) is 0 Å². The SMILES string of the molecule is N.O=[P+]([O-])O.[NH4+]. The second-order valence-electron chi connectivity index (χ2n) is 0.238. The van der Waals surface area contributed by atoms with Gasteiger partial charge in [-0.25, -0.2) is 0 Å². The molecule has 0 rings (SSSR count). The average Bonchev–Trinajstić information content (AvgIpc) is 0.811. The summed E-state index contributed by atoms with van der Waals surface area (Å²) in [5.41, 5.74) is 0. The van der Waals surface area contributed by atoms with E-state index in [2.05, 4.69) is 0 Å². The van der Waals surface area contributed by atoms with Gasteiger partial charge in [0.15, 0.2) is 0 Å². The summed E-state index contributed by atoms with van der Waals surface area (Å²) in [6.07, 6.45) is 0. The Morgan fingerprint density at radius 2 is 1.67 bits per heavy atom. The van der Waals surface area contributed by atoms with Crippen LogP contribution in [0.25, 0.3) is 0 Å². The molecule has 8 N–H and O–H groups in total. The largest absolute Gasteiger partial charge is 0.567 e. The molecule has 0 spiro atoms. The van der Waals surface area contributed by atoms with E-state index in [4.69, 9.17) is 14.4 Å². The van der Waals surface area contributed by atoms with Gasteiger partial charge in [-0.3, -0.25) is 0 Å². The first kappa shape index (κ1) is 16.8. The van der Waals surface area contributed by atoms with E-state index in [0.29, 0.717) is 0 Å². The topological polar surface area (TPSA) is 132 Å². The molecule has 0 aromatic carbocycles. The Morgan fingerprint density at radius 3 is 1.67 bits per heavy atom. The Morgan fingerprint density at radius 1 is 1.67 bits per heavy atom. The summed E-state index contributed by atoms with van der Waals surface area (Å²) in [7, 11) is -3.12. The monoisotopic (exact) mass is 115 g/mol. The van der Waals surface area contributed by atoms with Gasteiger partial charge in [0.05, 0.1) is 0 Å². The number of hydrogen-bond acceptors (Lipinski definition) is 3. The first-order chi connectivity index (χ1) is 1.73. The highest BCUT2D eigenvalue weighted by Crippen LogP contribution is 1.89. The van der Waals surface area contributed by atoms with Crippen molar-refractivity contribution in [1.29, 1.82) is 0 Å². The lowest BCUT2D eigenvalue weighted by Gasteiger charge is -1.56. The van der Waals surface area contributed by atoms with E-state index in [1.54, 1.807) is 0 Å². The Kier molecular flexibility index (Phi) is 24.8. The number of quaternary nitrogens is 1. The van der Waals surface area contributed by atoms with Crippen LogP contribution in [0.15, 0.2) is 0 Å². The van der Waals surface area contributed by atoms with Gasteiger partial charge >= 0.3 is 8.25 Å². The molecule has 0 fully saturated rings. The minimum atomic E-state index is -3.12. The van der Waals surface area contributed by atoms with Crippen LogP contribution in [0.1, 0.15) is 0 Å². The zero-order valence-electron chi connectivity index (χ0n) is 3.42. The van der Waals surface area contributed by atoms with Crippen molar-refractivity contribution in [2.75, 3.05) is 0 Å². The Hall–Kier alpha value is -0.0600. The van der Waals surface area contributed by atoms with Gasteiger partial charge in [-0.1, -0.05) is 0 Å². The van der Waals surface area contributed by atoms with Crippen LogP contribution in [0.2, 0.25) is 0 Å². The maximum atomic E-state index is 8.59. The molecule has 0 aromatic rings. The minimum Gasteiger partial charge on any atom is -0.567 e. The van der Waals surface area contributed by atoms with Crippen molar-refractivity contribution in [3.8, 4) is 0 Å². The highest BCUT2D eigenvalue weighted by atomic mass is 31.1. The Labute approximate surface area is 36.1 Å². The molecular formula is H8N2O3P+. The van der Waals surface area contributed by atoms with Gasteiger partial charge in [0, 0.05) is 0 Å². The van der Waals surface area contributed by atoms with Gasteiger partial charge in [0.2, 0.25) is 0 Å². The van der Waals surface area contributed by atoms with E-state index >= 15 is 0 Å². The van der Waals surface area contributed by atoms with E-state index < -0.39 is 8.25 Å². The van der Waals surface area contributed by atoms with Gasteiger partial charge in [-0.15, -0.1) is 0 Å². The molecule has 0 radical (unpaired) electrons. The highest BCUT2D eigenvalue weighted by Gasteiger charge is 1.73. The molecule has 0 amide bonds. The van der Waals surface area contributed by atoms with Crippen molar-refractivity contribution >= 4 is 8.25 Å². The molecular weight excluding hydrogens is 107 g/mol. The van der Waals surface area contributed by atoms with Crippen LogP contribution in [-0.4, -0.2) is 4.89 Å². The third kappa shape index (κ3) is 9460. The van der Waals surface area contributed by atoms with E-state index in [0.717, 1.165) is 0 Å². The molecule has 0 saturated heterocycles. The molecule has 5 nitrogen and oxygen atoms in total. The van der Waals surface area contributed by atoms with Crippen molar-refractivity contribution in [1.82, 2.24) is 12.3 Å². The zero-order chi connectivity index (χ0) is 3.58. The van der Waals surface area contributed by atoms with Crippen molar-refractivity contribution in [3.05, 3.63) is 0 Å². The third-order valence-corrected chi connectivity index (χ3v) is 0. The normalized spacial score (nSPS) is 7.33. The fourth-order valence-corrected chi connectivity index (χ4v) is 0. The Balaban J connectivity index is -0.0000000450. The smallest absolute Gasteiger partial charge is 0.485 e. The minimum absolute atomic E-state index is 0. The molecule has 0 heterocycles. The Bertz CT molecular complexity index is 31.8. The number of hydrogen-bond donors (Lipinski definition) is 3. The summed E-state index contributed by atoms with van der Waals surface area (Å²) in [4.78, 5) is 15.6. The molecule has 1 unspecified atom stereocenters. The van der Waals surface area contributed by atoms with Crippen molar-refractivity contribution < 1.29 is 14.4 Å². The standard InChI is InChI=1S/2H3N.HO3P/c;;1-4(2)3/h2*1H3;(H,1,2,3)/p+1. The van der Waals surface area contributed by atoms with Gasteiger partial charge < -0.3 is 17.2 Å². The van der Waals surface area contributed by atoms with Gasteiger partial charge in [0.25, 0.3) is 0 Å². The van der Waals surface area contributed by atoms with Crippen molar-refractivity contribution in [3.63, 3.8) is 0 Å². The third-order valence-electron chi connectivity index (χ3n) is 0. The van der Waals surface area contributed by atoms with Crippen LogP contribution in [0.5, 0.6) is 0 Å². The quantitative estimate of drug-likeness (QED) is 0.368. The summed E-state index contributed by atoms with van der Waals surface area (Å²) >= 11 is 0. The molecule has 0 aliphatic carbocycles. The molecule has 1 atom stereocenters. The first-order valence-electron chi connectivity index (χ1n) is 0.565. The van der Waals surface area contributed by atoms with Crippen LogP contribution in [-0.2, 0) is 4.57 Å². The lowest BCUT2D eigenvalue weighted by Crippen LogP contribution is -1.78. The second kappa shape index (κ2) is 8.87. The summed E-state index contributed by atoms with van der Waals surface area (Å²) in [6, 6.07) is 0. The average molecular weight is 115 g/mol. The maximum Gasteiger partial charge on any atom is 0.485 e. The number of rotatable bonds is 0. The fourth-order valence-electron chi connectivity index (χ4n) is 0. The van der Waals surface area contributed by atoms with Gasteiger partial charge in [-0.05, 0) is 4.57 Å². The fraction of sp³-hybridized carbons (Fsp3) is 0. The van der Waals surface area contributed by atoms with Crippen LogP contribution in [0.4, 0.5) is 0 Å². The van der Waals surface area contributed by atoms with Gasteiger partial charge in [0.1, 0.15) is 0 Å². The predicted octanol–water partition coefficient (Wildman–Crippen LogP) is -0.465. The maximum absolute atomic E-state index is 8.59. The molecule has 0 bridgehead atoms. The summed E-state index contributed by atoms with van der Waals surface area (Å²) < 4.78 is 8.59. The molecule has 0 aliphatic rings. The predicted molar refractivity (Wildman–Crippen MR) is 20.8 cm³/mol. The van der Waals surface area contributed by atoms with Crippen LogP contribution < -0.4 is 17.2 Å². The summed E-state index contributed by atoms with van der Waals surface area (Å²) in [5.74, 6) is 0.